The van der Waals surface area contributed by atoms with E-state index in [1.807, 2.05) is 6.92 Å². The van der Waals surface area contributed by atoms with Gasteiger partial charge in [-0.1, -0.05) is 0 Å². The van der Waals surface area contributed by atoms with Crippen LogP contribution in [0.25, 0.3) is 0 Å². The average Bonchev–Trinajstić information content (AvgIpc) is 2.91. The van der Waals surface area contributed by atoms with E-state index in [1.54, 1.807) is 38.1 Å². The number of nitrogens with one attached hydrogen (secondary N) is 1. The van der Waals surface area contributed by atoms with Gasteiger partial charge in [0.2, 0.25) is 5.91 Å². The van der Waals surface area contributed by atoms with Gasteiger partial charge in [0, 0.05) is 5.69 Å². The number of aryl methyl sites for hydroxylation is 1. The zero-order valence-corrected chi connectivity index (χ0v) is 13.9. The maximum atomic E-state index is 12.3. The highest BCUT2D eigenvalue weighted by Gasteiger charge is 2.22. The number of anilines is 1. The number of amides is 1. The summed E-state index contributed by atoms with van der Waals surface area (Å²) in [6, 6.07) is 7.07. The Morgan fingerprint density at radius 1 is 1.35 bits per heavy atom. The van der Waals surface area contributed by atoms with Gasteiger partial charge in [0.25, 0.3) is 0 Å². The summed E-state index contributed by atoms with van der Waals surface area (Å²) < 4.78 is 5.34. The monoisotopic (exact) mass is 334 g/mol. The topological polar surface area (TPSA) is 88.5 Å². The molecular formula is C16H18N2O4S. The van der Waals surface area contributed by atoms with Crippen LogP contribution < -0.4 is 10.1 Å². The van der Waals surface area contributed by atoms with Gasteiger partial charge in [0.1, 0.15) is 15.6 Å². The Morgan fingerprint density at radius 2 is 2.00 bits per heavy atom. The van der Waals surface area contributed by atoms with Crippen LogP contribution in [0.1, 0.15) is 40.1 Å². The molecular weight excluding hydrogens is 316 g/mol. The highest BCUT2D eigenvalue weighted by Crippen LogP contribution is 2.26. The van der Waals surface area contributed by atoms with Crippen molar-refractivity contribution in [2.75, 3.05) is 11.9 Å². The summed E-state index contributed by atoms with van der Waals surface area (Å²) in [4.78, 5) is 27.7. The fourth-order valence-corrected chi connectivity index (χ4v) is 2.92. The quantitative estimate of drug-likeness (QED) is 0.846. The molecule has 0 radical (unpaired) electrons. The van der Waals surface area contributed by atoms with Gasteiger partial charge < -0.3 is 15.2 Å². The summed E-state index contributed by atoms with van der Waals surface area (Å²) in [6.45, 7) is 5.81. The summed E-state index contributed by atoms with van der Waals surface area (Å²) in [7, 11) is 0. The smallest absolute Gasteiger partial charge is 0.347 e. The molecule has 2 rings (SSSR count). The second-order valence-corrected chi connectivity index (χ2v) is 5.97. The number of carbonyl (C=O) groups is 2. The molecule has 1 heterocycles. The van der Waals surface area contributed by atoms with Crippen molar-refractivity contribution >= 4 is 28.9 Å². The Hall–Kier alpha value is -2.41. The van der Waals surface area contributed by atoms with Crippen molar-refractivity contribution in [3.63, 3.8) is 0 Å². The molecule has 0 bridgehead atoms. The van der Waals surface area contributed by atoms with Crippen LogP contribution >= 0.6 is 11.3 Å². The normalized spacial score (nSPS) is 11.8. The predicted octanol–water partition coefficient (Wildman–Crippen LogP) is 3.29. The Balaban J connectivity index is 2.07. The lowest BCUT2D eigenvalue weighted by Gasteiger charge is -2.10. The van der Waals surface area contributed by atoms with Crippen LogP contribution in [-0.4, -0.2) is 28.6 Å². The van der Waals surface area contributed by atoms with Crippen molar-refractivity contribution in [1.82, 2.24) is 4.98 Å². The molecule has 1 aromatic carbocycles. The van der Waals surface area contributed by atoms with E-state index in [9.17, 15) is 9.59 Å². The van der Waals surface area contributed by atoms with Crippen LogP contribution in [0.15, 0.2) is 24.3 Å². The summed E-state index contributed by atoms with van der Waals surface area (Å²) in [5, 5.41) is 12.3. The van der Waals surface area contributed by atoms with Gasteiger partial charge in [0.15, 0.2) is 0 Å². The third-order valence-corrected chi connectivity index (χ3v) is 4.53. The number of rotatable bonds is 6. The fourth-order valence-electron chi connectivity index (χ4n) is 1.96. The fraction of sp³-hybridized carbons (Fsp3) is 0.312. The van der Waals surface area contributed by atoms with E-state index in [2.05, 4.69) is 10.3 Å². The van der Waals surface area contributed by atoms with Crippen molar-refractivity contribution in [3.8, 4) is 5.75 Å². The standard InChI is InChI=1S/C16H18N2O4S/c1-4-22-12-7-5-11(6-8-12)18-14(19)9(2)15-17-10(3)13(23-15)16(20)21/h5-9H,4H2,1-3H3,(H,18,19)(H,20,21)/t9-/m1/s1. The number of ether oxygens (including phenoxy) is 1. The van der Waals surface area contributed by atoms with Gasteiger partial charge in [-0.2, -0.15) is 0 Å². The minimum atomic E-state index is -1.02. The minimum absolute atomic E-state index is 0.167. The molecule has 0 saturated heterocycles. The van der Waals surface area contributed by atoms with Crippen molar-refractivity contribution < 1.29 is 19.4 Å². The predicted molar refractivity (Wildman–Crippen MR) is 88.5 cm³/mol. The number of carbonyl (C=O) groups excluding carboxylic acids is 1. The first-order valence-corrected chi connectivity index (χ1v) is 7.98. The molecule has 0 aliphatic heterocycles. The lowest BCUT2D eigenvalue weighted by Crippen LogP contribution is -2.18. The van der Waals surface area contributed by atoms with Crippen molar-refractivity contribution in [2.24, 2.45) is 0 Å². The molecule has 7 heteroatoms. The zero-order chi connectivity index (χ0) is 17.0. The molecule has 0 saturated carbocycles. The Labute approximate surface area is 138 Å². The van der Waals surface area contributed by atoms with E-state index in [-0.39, 0.29) is 10.8 Å². The first-order chi connectivity index (χ1) is 10.9. The number of carboxylic acids is 1. The Morgan fingerprint density at radius 3 is 2.52 bits per heavy atom. The van der Waals surface area contributed by atoms with Crippen molar-refractivity contribution in [2.45, 2.75) is 26.7 Å². The van der Waals surface area contributed by atoms with Crippen LogP contribution in [0.2, 0.25) is 0 Å². The highest BCUT2D eigenvalue weighted by atomic mass is 32.1. The van der Waals surface area contributed by atoms with Gasteiger partial charge in [-0.3, -0.25) is 4.79 Å². The second-order valence-electron chi connectivity index (χ2n) is 4.94. The average molecular weight is 334 g/mol. The number of aromatic carboxylic acids is 1. The minimum Gasteiger partial charge on any atom is -0.494 e. The SMILES string of the molecule is CCOc1ccc(NC(=O)[C@@H](C)c2nc(C)c(C(=O)O)s2)cc1. The number of aromatic nitrogens is 1. The number of benzene rings is 1. The van der Waals surface area contributed by atoms with Gasteiger partial charge in [-0.15, -0.1) is 11.3 Å². The lowest BCUT2D eigenvalue weighted by molar-refractivity contribution is -0.117. The summed E-state index contributed by atoms with van der Waals surface area (Å²) in [5.74, 6) is -1.05. The molecule has 122 valence electrons. The molecule has 2 aromatic rings. The van der Waals surface area contributed by atoms with E-state index in [4.69, 9.17) is 9.84 Å². The molecule has 0 aliphatic carbocycles. The maximum absolute atomic E-state index is 12.3. The summed E-state index contributed by atoms with van der Waals surface area (Å²) >= 11 is 1.03. The third kappa shape index (κ3) is 4.07. The molecule has 0 fully saturated rings. The molecule has 1 atom stereocenters. The molecule has 1 aromatic heterocycles. The van der Waals surface area contributed by atoms with Crippen LogP contribution in [0.3, 0.4) is 0 Å². The molecule has 2 N–H and O–H groups in total. The summed E-state index contributed by atoms with van der Waals surface area (Å²) in [6.07, 6.45) is 0. The Bertz CT molecular complexity index is 709. The molecule has 0 unspecified atom stereocenters. The first kappa shape index (κ1) is 17.0. The number of hydrogen-bond acceptors (Lipinski definition) is 5. The van der Waals surface area contributed by atoms with Crippen LogP contribution in [0.4, 0.5) is 5.69 Å². The van der Waals surface area contributed by atoms with Crippen LogP contribution in [0.5, 0.6) is 5.75 Å². The number of nitrogens with zero attached hydrogens (tertiary/aromatic N) is 1. The zero-order valence-electron chi connectivity index (χ0n) is 13.1. The molecule has 0 spiro atoms. The van der Waals surface area contributed by atoms with Crippen molar-refractivity contribution in [1.29, 1.82) is 0 Å². The van der Waals surface area contributed by atoms with E-state index in [1.165, 1.54) is 0 Å². The van der Waals surface area contributed by atoms with Crippen LogP contribution in [0, 0.1) is 6.92 Å². The van der Waals surface area contributed by atoms with Crippen LogP contribution in [-0.2, 0) is 4.79 Å². The van der Waals surface area contributed by atoms with Gasteiger partial charge in [-0.25, -0.2) is 9.78 Å². The van der Waals surface area contributed by atoms with Gasteiger partial charge in [-0.05, 0) is 45.0 Å². The van der Waals surface area contributed by atoms with Crippen molar-refractivity contribution in [3.05, 3.63) is 39.8 Å². The van der Waals surface area contributed by atoms with E-state index < -0.39 is 11.9 Å². The number of hydrogen-bond donors (Lipinski definition) is 2. The largest absolute Gasteiger partial charge is 0.494 e. The third-order valence-electron chi connectivity index (χ3n) is 3.20. The van der Waals surface area contributed by atoms with Gasteiger partial charge >= 0.3 is 5.97 Å². The first-order valence-electron chi connectivity index (χ1n) is 7.16. The molecule has 0 aliphatic rings. The van der Waals surface area contributed by atoms with E-state index in [0.717, 1.165) is 17.1 Å². The van der Waals surface area contributed by atoms with E-state index >= 15 is 0 Å². The molecule has 1 amide bonds. The molecule has 6 nitrogen and oxygen atoms in total. The highest BCUT2D eigenvalue weighted by molar-refractivity contribution is 7.13. The maximum Gasteiger partial charge on any atom is 0.347 e. The van der Waals surface area contributed by atoms with E-state index in [0.29, 0.717) is 23.0 Å². The lowest BCUT2D eigenvalue weighted by atomic mass is 10.1. The van der Waals surface area contributed by atoms with Gasteiger partial charge in [0.05, 0.1) is 18.2 Å². The molecule has 23 heavy (non-hydrogen) atoms. The number of carboxylic acid groups (broad SMARTS) is 1. The second kappa shape index (κ2) is 7.23. The summed E-state index contributed by atoms with van der Waals surface area (Å²) in [5.41, 5.74) is 1.08. The number of thiazole rings is 1. The Kier molecular flexibility index (Phi) is 5.33.